The van der Waals surface area contributed by atoms with E-state index in [1.807, 2.05) is 0 Å². The molecule has 0 bridgehead atoms. The average molecular weight is 328 g/mol. The minimum Gasteiger partial charge on any atom is -0.392 e. The Bertz CT molecular complexity index is 214. The lowest BCUT2D eigenvalue weighted by Gasteiger charge is -2.24. The second kappa shape index (κ2) is 18.3. The first-order valence-corrected chi connectivity index (χ1v) is 10.6. The van der Waals surface area contributed by atoms with Crippen LogP contribution in [0.5, 0.6) is 0 Å². The summed E-state index contributed by atoms with van der Waals surface area (Å²) in [6.45, 7) is 9.85. The first kappa shape index (κ1) is 22.9. The van der Waals surface area contributed by atoms with Crippen LogP contribution < -0.4 is 0 Å². The van der Waals surface area contributed by atoms with Crippen molar-refractivity contribution in [1.82, 2.24) is 4.90 Å². The van der Waals surface area contributed by atoms with Crippen LogP contribution in [0.2, 0.25) is 0 Å². The van der Waals surface area contributed by atoms with Crippen LogP contribution in [-0.2, 0) is 0 Å². The molecule has 0 amide bonds. The van der Waals surface area contributed by atoms with E-state index >= 15 is 0 Å². The highest BCUT2D eigenvalue weighted by atomic mass is 16.3. The zero-order chi connectivity index (χ0) is 17.2. The van der Waals surface area contributed by atoms with Gasteiger partial charge in [-0.1, -0.05) is 91.4 Å². The molecular weight excluding hydrogens is 282 g/mol. The molecule has 2 nitrogen and oxygen atoms in total. The van der Waals surface area contributed by atoms with Crippen molar-refractivity contribution < 1.29 is 5.11 Å². The molecule has 0 aliphatic carbocycles. The molecule has 0 aliphatic rings. The van der Waals surface area contributed by atoms with E-state index < -0.39 is 0 Å². The van der Waals surface area contributed by atoms with Gasteiger partial charge in [0.15, 0.2) is 0 Å². The molecule has 0 spiro atoms. The SMILES string of the molecule is CCCCCCCCCCCCCC(O)CN(CCC)CCC. The predicted molar refractivity (Wildman–Crippen MR) is 104 cm³/mol. The molecule has 1 unspecified atom stereocenters. The fourth-order valence-corrected chi connectivity index (χ4v) is 3.36. The topological polar surface area (TPSA) is 23.5 Å². The van der Waals surface area contributed by atoms with Gasteiger partial charge in [-0.15, -0.1) is 0 Å². The molecule has 2 heteroatoms. The Balaban J connectivity index is 3.36. The fraction of sp³-hybridized carbons (Fsp3) is 1.00. The molecule has 1 atom stereocenters. The van der Waals surface area contributed by atoms with Gasteiger partial charge < -0.3 is 10.0 Å². The largest absolute Gasteiger partial charge is 0.392 e. The number of hydrogen-bond donors (Lipinski definition) is 1. The Morgan fingerprint density at radius 2 is 1.04 bits per heavy atom. The Morgan fingerprint density at radius 1 is 0.609 bits per heavy atom. The molecule has 1 N–H and O–H groups in total. The summed E-state index contributed by atoms with van der Waals surface area (Å²) in [5.74, 6) is 0. The quantitative estimate of drug-likeness (QED) is 0.304. The third kappa shape index (κ3) is 16.6. The van der Waals surface area contributed by atoms with E-state index in [0.717, 1.165) is 26.1 Å². The smallest absolute Gasteiger partial charge is 0.0667 e. The van der Waals surface area contributed by atoms with Crippen molar-refractivity contribution in [2.24, 2.45) is 0 Å². The number of hydrogen-bond acceptors (Lipinski definition) is 2. The van der Waals surface area contributed by atoms with Crippen LogP contribution in [0.4, 0.5) is 0 Å². The lowest BCUT2D eigenvalue weighted by molar-refractivity contribution is 0.103. The minimum absolute atomic E-state index is 0.119. The molecule has 0 aromatic rings. The molecule has 0 aromatic carbocycles. The van der Waals surface area contributed by atoms with E-state index in [0.29, 0.717) is 0 Å². The van der Waals surface area contributed by atoms with Gasteiger partial charge in [0.05, 0.1) is 6.10 Å². The first-order chi connectivity index (χ1) is 11.2. The van der Waals surface area contributed by atoms with E-state index in [1.54, 1.807) is 0 Å². The monoisotopic (exact) mass is 327 g/mol. The minimum atomic E-state index is -0.119. The number of aliphatic hydroxyl groups excluding tert-OH is 1. The summed E-state index contributed by atoms with van der Waals surface area (Å²) in [6.07, 6.45) is 18.4. The maximum Gasteiger partial charge on any atom is 0.0667 e. The average Bonchev–Trinajstić information content (AvgIpc) is 2.53. The number of nitrogens with zero attached hydrogens (tertiary/aromatic N) is 1. The van der Waals surface area contributed by atoms with Gasteiger partial charge in [0, 0.05) is 6.54 Å². The van der Waals surface area contributed by atoms with Gasteiger partial charge in [-0.05, 0) is 32.4 Å². The van der Waals surface area contributed by atoms with Gasteiger partial charge in [0.25, 0.3) is 0 Å². The molecule has 0 heterocycles. The highest BCUT2D eigenvalue weighted by Gasteiger charge is 2.09. The summed E-state index contributed by atoms with van der Waals surface area (Å²) >= 11 is 0. The van der Waals surface area contributed by atoms with Gasteiger partial charge in [0.1, 0.15) is 0 Å². The molecule has 23 heavy (non-hydrogen) atoms. The second-order valence-electron chi connectivity index (χ2n) is 7.28. The lowest BCUT2D eigenvalue weighted by atomic mass is 10.0. The zero-order valence-corrected chi connectivity index (χ0v) is 16.5. The molecule has 0 saturated carbocycles. The van der Waals surface area contributed by atoms with Crippen molar-refractivity contribution in [2.75, 3.05) is 19.6 Å². The van der Waals surface area contributed by atoms with Gasteiger partial charge in [-0.3, -0.25) is 0 Å². The standard InChI is InChI=1S/C21H45NO/c1-4-7-8-9-10-11-12-13-14-15-16-17-21(23)20-22(18-5-2)19-6-3/h21,23H,4-20H2,1-3H3. The van der Waals surface area contributed by atoms with E-state index in [-0.39, 0.29) is 6.10 Å². The zero-order valence-electron chi connectivity index (χ0n) is 16.5. The third-order valence-electron chi connectivity index (χ3n) is 4.69. The highest BCUT2D eigenvalue weighted by molar-refractivity contribution is 4.64. The molecule has 0 saturated heterocycles. The third-order valence-corrected chi connectivity index (χ3v) is 4.69. The number of unbranched alkanes of at least 4 members (excludes halogenated alkanes) is 10. The van der Waals surface area contributed by atoms with Crippen molar-refractivity contribution in [1.29, 1.82) is 0 Å². The predicted octanol–water partition coefficient (Wildman–Crippen LogP) is 6.17. The van der Waals surface area contributed by atoms with E-state index in [2.05, 4.69) is 25.7 Å². The van der Waals surface area contributed by atoms with Crippen molar-refractivity contribution in [2.45, 2.75) is 117 Å². The van der Waals surface area contributed by atoms with Crippen molar-refractivity contribution in [3.8, 4) is 0 Å². The van der Waals surface area contributed by atoms with Crippen molar-refractivity contribution in [3.63, 3.8) is 0 Å². The van der Waals surface area contributed by atoms with Crippen LogP contribution in [0, 0.1) is 0 Å². The Morgan fingerprint density at radius 3 is 1.48 bits per heavy atom. The van der Waals surface area contributed by atoms with Gasteiger partial charge in [-0.2, -0.15) is 0 Å². The van der Waals surface area contributed by atoms with Crippen LogP contribution in [0.15, 0.2) is 0 Å². The van der Waals surface area contributed by atoms with Crippen molar-refractivity contribution in [3.05, 3.63) is 0 Å². The second-order valence-corrected chi connectivity index (χ2v) is 7.28. The van der Waals surface area contributed by atoms with Gasteiger partial charge in [-0.25, -0.2) is 0 Å². The summed E-state index contributed by atoms with van der Waals surface area (Å²) in [4.78, 5) is 2.42. The van der Waals surface area contributed by atoms with E-state index in [1.165, 1.54) is 83.5 Å². The molecule has 0 aromatic heterocycles. The Labute approximate surface area is 147 Å². The number of rotatable bonds is 18. The normalized spacial score (nSPS) is 12.9. The molecule has 0 rings (SSSR count). The number of aliphatic hydroxyl groups is 1. The van der Waals surface area contributed by atoms with E-state index in [4.69, 9.17) is 0 Å². The molecule has 140 valence electrons. The van der Waals surface area contributed by atoms with Gasteiger partial charge >= 0.3 is 0 Å². The molecule has 0 aliphatic heterocycles. The maximum absolute atomic E-state index is 10.2. The van der Waals surface area contributed by atoms with Crippen LogP contribution >= 0.6 is 0 Å². The lowest BCUT2D eigenvalue weighted by Crippen LogP contribution is -2.33. The molecule has 0 fully saturated rings. The van der Waals surface area contributed by atoms with E-state index in [9.17, 15) is 5.11 Å². The summed E-state index contributed by atoms with van der Waals surface area (Å²) in [5.41, 5.74) is 0. The van der Waals surface area contributed by atoms with Crippen LogP contribution in [0.1, 0.15) is 111 Å². The Hall–Kier alpha value is -0.0800. The van der Waals surface area contributed by atoms with Gasteiger partial charge in [0.2, 0.25) is 0 Å². The Kier molecular flexibility index (Phi) is 18.2. The van der Waals surface area contributed by atoms with Crippen LogP contribution in [0.25, 0.3) is 0 Å². The van der Waals surface area contributed by atoms with Crippen molar-refractivity contribution >= 4 is 0 Å². The first-order valence-electron chi connectivity index (χ1n) is 10.6. The summed E-state index contributed by atoms with van der Waals surface area (Å²) in [5, 5.41) is 10.2. The highest BCUT2D eigenvalue weighted by Crippen LogP contribution is 2.13. The fourth-order valence-electron chi connectivity index (χ4n) is 3.36. The summed E-state index contributed by atoms with van der Waals surface area (Å²) in [7, 11) is 0. The maximum atomic E-state index is 10.2. The van der Waals surface area contributed by atoms with Crippen LogP contribution in [-0.4, -0.2) is 35.7 Å². The molecule has 0 radical (unpaired) electrons. The molecular formula is C21H45NO. The summed E-state index contributed by atoms with van der Waals surface area (Å²) in [6, 6.07) is 0. The van der Waals surface area contributed by atoms with Crippen LogP contribution in [0.3, 0.4) is 0 Å². The summed E-state index contributed by atoms with van der Waals surface area (Å²) < 4.78 is 0.